The van der Waals surface area contributed by atoms with Crippen LogP contribution in [0.5, 0.6) is 5.75 Å². The van der Waals surface area contributed by atoms with Crippen LogP contribution in [0, 0.1) is 18.3 Å². The fourth-order valence-corrected chi connectivity index (χ4v) is 1.79. The second kappa shape index (κ2) is 5.55. The summed E-state index contributed by atoms with van der Waals surface area (Å²) in [6, 6.07) is 13.3. The largest absolute Gasteiger partial charge is 0.423 e. The second-order valence-electron chi connectivity index (χ2n) is 3.99. The summed E-state index contributed by atoms with van der Waals surface area (Å²) in [6.07, 6.45) is 0. The van der Waals surface area contributed by atoms with Gasteiger partial charge in [-0.2, -0.15) is 5.26 Å². The zero-order valence-corrected chi connectivity index (χ0v) is 10.9. The van der Waals surface area contributed by atoms with Gasteiger partial charge in [0.05, 0.1) is 17.2 Å². The van der Waals surface area contributed by atoms with E-state index in [1.54, 1.807) is 42.5 Å². The Labute approximate surface area is 116 Å². The van der Waals surface area contributed by atoms with Gasteiger partial charge in [-0.3, -0.25) is 0 Å². The van der Waals surface area contributed by atoms with Crippen LogP contribution in [-0.4, -0.2) is 5.97 Å². The fraction of sp³-hybridized carbons (Fsp3) is 0.0667. The van der Waals surface area contributed by atoms with Gasteiger partial charge < -0.3 is 4.74 Å². The SMILES string of the molecule is Cc1cc(Cl)ccc1OC(=O)c1ccc(C#N)cc1. The molecule has 0 saturated carbocycles. The van der Waals surface area contributed by atoms with E-state index in [0.717, 1.165) is 5.56 Å². The minimum absolute atomic E-state index is 0.397. The van der Waals surface area contributed by atoms with E-state index in [2.05, 4.69) is 0 Å². The molecule has 0 bridgehead atoms. The molecule has 2 aromatic carbocycles. The highest BCUT2D eigenvalue weighted by atomic mass is 35.5. The van der Waals surface area contributed by atoms with E-state index < -0.39 is 5.97 Å². The zero-order valence-electron chi connectivity index (χ0n) is 10.2. The number of aryl methyl sites for hydroxylation is 1. The van der Waals surface area contributed by atoms with Crippen LogP contribution in [0.25, 0.3) is 0 Å². The standard InChI is InChI=1S/C15H10ClNO2/c1-10-8-13(16)6-7-14(10)19-15(18)12-4-2-11(9-17)3-5-12/h2-8H,1H3. The molecule has 0 amide bonds. The molecule has 3 nitrogen and oxygen atoms in total. The van der Waals surface area contributed by atoms with Crippen molar-refractivity contribution in [2.75, 3.05) is 0 Å². The van der Waals surface area contributed by atoms with Crippen LogP contribution in [0.4, 0.5) is 0 Å². The van der Waals surface area contributed by atoms with Gasteiger partial charge in [-0.1, -0.05) is 11.6 Å². The number of carbonyl (C=O) groups is 1. The molecule has 0 unspecified atom stereocenters. The van der Waals surface area contributed by atoms with Crippen molar-refractivity contribution in [2.45, 2.75) is 6.92 Å². The Kier molecular flexibility index (Phi) is 3.84. The van der Waals surface area contributed by atoms with Crippen molar-refractivity contribution >= 4 is 17.6 Å². The number of rotatable bonds is 2. The molecule has 0 saturated heterocycles. The highest BCUT2D eigenvalue weighted by molar-refractivity contribution is 6.30. The molecular formula is C15H10ClNO2. The molecule has 0 atom stereocenters. The summed E-state index contributed by atoms with van der Waals surface area (Å²) in [5, 5.41) is 9.28. The predicted octanol–water partition coefficient (Wildman–Crippen LogP) is 3.74. The summed E-state index contributed by atoms with van der Waals surface area (Å²) in [5.74, 6) is 0.00803. The Hall–Kier alpha value is -2.31. The minimum atomic E-state index is -0.463. The van der Waals surface area contributed by atoms with E-state index in [0.29, 0.717) is 21.9 Å². The molecule has 94 valence electrons. The number of esters is 1. The summed E-state index contributed by atoms with van der Waals surface area (Å²) in [5.41, 5.74) is 1.68. The van der Waals surface area contributed by atoms with Crippen LogP contribution in [0.3, 0.4) is 0 Å². The second-order valence-corrected chi connectivity index (χ2v) is 4.42. The van der Waals surface area contributed by atoms with Crippen LogP contribution in [0.15, 0.2) is 42.5 Å². The topological polar surface area (TPSA) is 50.1 Å². The van der Waals surface area contributed by atoms with Gasteiger partial charge in [-0.25, -0.2) is 4.79 Å². The monoisotopic (exact) mass is 271 g/mol. The van der Waals surface area contributed by atoms with E-state index in [9.17, 15) is 4.79 Å². The van der Waals surface area contributed by atoms with Crippen molar-refractivity contribution in [3.05, 3.63) is 64.2 Å². The van der Waals surface area contributed by atoms with Crippen molar-refractivity contribution in [3.63, 3.8) is 0 Å². The summed E-state index contributed by atoms with van der Waals surface area (Å²) in [6.45, 7) is 1.81. The first-order valence-corrected chi connectivity index (χ1v) is 5.96. The molecule has 2 aromatic rings. The van der Waals surface area contributed by atoms with Crippen molar-refractivity contribution < 1.29 is 9.53 Å². The van der Waals surface area contributed by atoms with Crippen LogP contribution < -0.4 is 4.74 Å². The average Bonchev–Trinajstić information content (AvgIpc) is 2.42. The molecule has 0 aromatic heterocycles. The number of hydrogen-bond acceptors (Lipinski definition) is 3. The lowest BCUT2D eigenvalue weighted by atomic mass is 10.1. The third-order valence-corrected chi connectivity index (χ3v) is 2.82. The van der Waals surface area contributed by atoms with E-state index in [1.165, 1.54) is 0 Å². The van der Waals surface area contributed by atoms with Crippen LogP contribution in [0.1, 0.15) is 21.5 Å². The average molecular weight is 272 g/mol. The Balaban J connectivity index is 2.18. The van der Waals surface area contributed by atoms with Gasteiger partial charge in [0.2, 0.25) is 0 Å². The Morgan fingerprint density at radius 1 is 1.21 bits per heavy atom. The predicted molar refractivity (Wildman–Crippen MR) is 72.3 cm³/mol. The van der Waals surface area contributed by atoms with E-state index >= 15 is 0 Å². The van der Waals surface area contributed by atoms with Gasteiger partial charge in [0, 0.05) is 5.02 Å². The first-order valence-electron chi connectivity index (χ1n) is 5.58. The maximum absolute atomic E-state index is 11.9. The molecule has 0 heterocycles. The summed E-state index contributed by atoms with van der Waals surface area (Å²) < 4.78 is 5.28. The van der Waals surface area contributed by atoms with Crippen LogP contribution in [-0.2, 0) is 0 Å². The normalized spacial score (nSPS) is 9.74. The molecule has 0 aliphatic carbocycles. The summed E-state index contributed by atoms with van der Waals surface area (Å²) >= 11 is 5.83. The summed E-state index contributed by atoms with van der Waals surface area (Å²) in [4.78, 5) is 11.9. The van der Waals surface area contributed by atoms with E-state index in [4.69, 9.17) is 21.6 Å². The molecular weight excluding hydrogens is 262 g/mol. The molecule has 0 fully saturated rings. The highest BCUT2D eigenvalue weighted by Crippen LogP contribution is 2.22. The number of carbonyl (C=O) groups excluding carboxylic acids is 1. The Morgan fingerprint density at radius 2 is 1.89 bits per heavy atom. The summed E-state index contributed by atoms with van der Waals surface area (Å²) in [7, 11) is 0. The maximum atomic E-state index is 11.9. The molecule has 0 aliphatic rings. The lowest BCUT2D eigenvalue weighted by Gasteiger charge is -2.07. The van der Waals surface area contributed by atoms with Crippen molar-refractivity contribution in [2.24, 2.45) is 0 Å². The molecule has 4 heteroatoms. The highest BCUT2D eigenvalue weighted by Gasteiger charge is 2.10. The van der Waals surface area contributed by atoms with Crippen LogP contribution in [0.2, 0.25) is 5.02 Å². The quantitative estimate of drug-likeness (QED) is 0.617. The number of benzene rings is 2. The molecule has 19 heavy (non-hydrogen) atoms. The number of halogens is 1. The lowest BCUT2D eigenvalue weighted by molar-refractivity contribution is 0.0733. The molecule has 0 spiro atoms. The van der Waals surface area contributed by atoms with Gasteiger partial charge in [0.25, 0.3) is 0 Å². The number of nitrogens with zero attached hydrogens (tertiary/aromatic N) is 1. The molecule has 0 aliphatic heterocycles. The smallest absolute Gasteiger partial charge is 0.343 e. The van der Waals surface area contributed by atoms with Crippen molar-refractivity contribution in [3.8, 4) is 11.8 Å². The fourth-order valence-electron chi connectivity index (χ4n) is 1.57. The van der Waals surface area contributed by atoms with Gasteiger partial charge in [0.1, 0.15) is 5.75 Å². The first kappa shape index (κ1) is 13.1. The third kappa shape index (κ3) is 3.12. The minimum Gasteiger partial charge on any atom is -0.423 e. The van der Waals surface area contributed by atoms with Crippen LogP contribution >= 0.6 is 11.6 Å². The van der Waals surface area contributed by atoms with Crippen molar-refractivity contribution in [1.82, 2.24) is 0 Å². The number of ether oxygens (including phenoxy) is 1. The molecule has 2 rings (SSSR count). The molecule has 0 radical (unpaired) electrons. The van der Waals surface area contributed by atoms with E-state index in [1.807, 2.05) is 13.0 Å². The Morgan fingerprint density at radius 3 is 2.47 bits per heavy atom. The maximum Gasteiger partial charge on any atom is 0.343 e. The molecule has 0 N–H and O–H groups in total. The third-order valence-electron chi connectivity index (χ3n) is 2.59. The van der Waals surface area contributed by atoms with Gasteiger partial charge >= 0.3 is 5.97 Å². The first-order chi connectivity index (χ1) is 9.10. The van der Waals surface area contributed by atoms with Crippen molar-refractivity contribution in [1.29, 1.82) is 5.26 Å². The lowest BCUT2D eigenvalue weighted by Crippen LogP contribution is -2.09. The zero-order chi connectivity index (χ0) is 13.8. The van der Waals surface area contributed by atoms with Gasteiger partial charge in [-0.15, -0.1) is 0 Å². The number of hydrogen-bond donors (Lipinski definition) is 0. The van der Waals surface area contributed by atoms with E-state index in [-0.39, 0.29) is 0 Å². The van der Waals surface area contributed by atoms with Gasteiger partial charge in [0.15, 0.2) is 0 Å². The Bertz CT molecular complexity index is 657. The van der Waals surface area contributed by atoms with Gasteiger partial charge in [-0.05, 0) is 55.0 Å². The number of nitriles is 1.